The fraction of sp³-hybridized carbons (Fsp3) is 0.333. The monoisotopic (exact) mass is 615 g/mol. The number of aromatic nitrogens is 3. The quantitative estimate of drug-likeness (QED) is 0.249. The predicted molar refractivity (Wildman–Crippen MR) is 171 cm³/mol. The maximum atomic E-state index is 10.5. The van der Waals surface area contributed by atoms with Crippen LogP contribution in [0.2, 0.25) is 0 Å². The normalized spacial score (nSPS) is 16.8. The number of aryl methyl sites for hydroxylation is 1. The zero-order chi connectivity index (χ0) is 30.9. The van der Waals surface area contributed by atoms with Crippen molar-refractivity contribution in [2.75, 3.05) is 37.8 Å². The molecule has 3 N–H and O–H groups in total. The zero-order valence-corrected chi connectivity index (χ0v) is 25.7. The summed E-state index contributed by atoms with van der Waals surface area (Å²) in [4.78, 5) is 12.0. The zero-order valence-electron chi connectivity index (χ0n) is 24.9. The van der Waals surface area contributed by atoms with Crippen molar-refractivity contribution in [3.8, 4) is 11.6 Å². The summed E-state index contributed by atoms with van der Waals surface area (Å²) in [6.45, 7) is 8.11. The van der Waals surface area contributed by atoms with Crippen molar-refractivity contribution in [1.82, 2.24) is 14.5 Å². The number of nitrogens with two attached hydrogens (primary N) is 1. The van der Waals surface area contributed by atoms with Crippen molar-refractivity contribution in [2.45, 2.75) is 37.6 Å². The van der Waals surface area contributed by atoms with E-state index in [1.807, 2.05) is 30.0 Å². The summed E-state index contributed by atoms with van der Waals surface area (Å²) in [6, 6.07) is 22.9. The van der Waals surface area contributed by atoms with Gasteiger partial charge in [-0.3, -0.25) is 9.12 Å². The first kappa shape index (κ1) is 30.0. The van der Waals surface area contributed by atoms with Crippen molar-refractivity contribution in [1.29, 1.82) is 0 Å². The summed E-state index contributed by atoms with van der Waals surface area (Å²) in [6.07, 6.45) is 3.86. The van der Waals surface area contributed by atoms with E-state index in [2.05, 4.69) is 53.2 Å². The third-order valence-electron chi connectivity index (χ3n) is 8.14. The van der Waals surface area contributed by atoms with E-state index in [0.717, 1.165) is 78.2 Å². The maximum Gasteiger partial charge on any atom is 0.294 e. The van der Waals surface area contributed by atoms with E-state index in [1.54, 1.807) is 12.1 Å². The van der Waals surface area contributed by atoms with Gasteiger partial charge < -0.3 is 20.1 Å². The van der Waals surface area contributed by atoms with Crippen LogP contribution >= 0.6 is 0 Å². The number of ether oxygens (including phenoxy) is 2. The van der Waals surface area contributed by atoms with E-state index in [4.69, 9.17) is 24.7 Å². The molecule has 10 nitrogen and oxygen atoms in total. The molecule has 0 amide bonds. The summed E-state index contributed by atoms with van der Waals surface area (Å²) in [5, 5.41) is 1.14. The summed E-state index contributed by atoms with van der Waals surface area (Å²) in [5.74, 6) is 1.69. The molecule has 2 fully saturated rings. The molecule has 4 heterocycles. The SMILES string of the molecule is CC1(COc2ccc3c(c2)ncn3-c2ccc3cccc(N4CCC(N)CC4)c3n2)COC1.Cc1ccc(S(=O)(=O)O)cc1. The van der Waals surface area contributed by atoms with Gasteiger partial charge in [-0.05, 0) is 62.2 Å². The van der Waals surface area contributed by atoms with Crippen LogP contribution in [-0.2, 0) is 14.9 Å². The van der Waals surface area contributed by atoms with Gasteiger partial charge in [-0.25, -0.2) is 9.97 Å². The molecule has 230 valence electrons. The van der Waals surface area contributed by atoms with Gasteiger partial charge in [0, 0.05) is 36.0 Å². The van der Waals surface area contributed by atoms with Crippen LogP contribution in [0.4, 0.5) is 5.69 Å². The number of hydrogen-bond donors (Lipinski definition) is 2. The Morgan fingerprint density at radius 2 is 1.80 bits per heavy atom. The summed E-state index contributed by atoms with van der Waals surface area (Å²) < 4.78 is 42.9. The number of rotatable bonds is 6. The van der Waals surface area contributed by atoms with Crippen molar-refractivity contribution in [2.24, 2.45) is 11.1 Å². The average Bonchev–Trinajstić information content (AvgIpc) is 3.42. The lowest BCUT2D eigenvalue weighted by Crippen LogP contribution is -2.44. The number of para-hydroxylation sites is 1. The highest BCUT2D eigenvalue weighted by molar-refractivity contribution is 7.85. The van der Waals surface area contributed by atoms with Crippen LogP contribution in [0.25, 0.3) is 27.8 Å². The van der Waals surface area contributed by atoms with Crippen LogP contribution in [0.5, 0.6) is 5.75 Å². The Morgan fingerprint density at radius 3 is 2.48 bits per heavy atom. The third-order valence-corrected chi connectivity index (χ3v) is 9.01. The lowest BCUT2D eigenvalue weighted by atomic mass is 9.90. The molecule has 0 saturated carbocycles. The first-order valence-electron chi connectivity index (χ1n) is 14.7. The predicted octanol–water partition coefficient (Wildman–Crippen LogP) is 5.16. The molecule has 0 atom stereocenters. The summed E-state index contributed by atoms with van der Waals surface area (Å²) in [5.41, 5.74) is 11.3. The molecule has 44 heavy (non-hydrogen) atoms. The molecule has 0 unspecified atom stereocenters. The lowest BCUT2D eigenvalue weighted by Gasteiger charge is -2.37. The maximum absolute atomic E-state index is 10.5. The molecule has 2 aliphatic rings. The Labute approximate surface area is 257 Å². The first-order valence-corrected chi connectivity index (χ1v) is 16.1. The Kier molecular flexibility index (Phi) is 8.30. The molecule has 2 aromatic heterocycles. The van der Waals surface area contributed by atoms with Crippen molar-refractivity contribution < 1.29 is 22.4 Å². The van der Waals surface area contributed by atoms with Gasteiger partial charge in [-0.15, -0.1) is 0 Å². The van der Waals surface area contributed by atoms with Crippen molar-refractivity contribution in [3.05, 3.63) is 84.7 Å². The van der Waals surface area contributed by atoms with Gasteiger partial charge in [0.1, 0.15) is 17.9 Å². The fourth-order valence-electron chi connectivity index (χ4n) is 5.42. The lowest BCUT2D eigenvalue weighted by molar-refractivity contribution is -0.120. The summed E-state index contributed by atoms with van der Waals surface area (Å²) in [7, 11) is -4.02. The molecule has 11 heteroatoms. The van der Waals surface area contributed by atoms with E-state index in [-0.39, 0.29) is 10.3 Å². The van der Waals surface area contributed by atoms with E-state index in [9.17, 15) is 8.42 Å². The number of hydrogen-bond acceptors (Lipinski definition) is 8. The smallest absolute Gasteiger partial charge is 0.294 e. The molecule has 2 aliphatic heterocycles. The second kappa shape index (κ2) is 12.2. The molecule has 0 bridgehead atoms. The van der Waals surface area contributed by atoms with Crippen LogP contribution < -0.4 is 15.4 Å². The second-order valence-electron chi connectivity index (χ2n) is 12.0. The molecule has 3 aromatic carbocycles. The van der Waals surface area contributed by atoms with Gasteiger partial charge in [-0.1, -0.05) is 36.8 Å². The van der Waals surface area contributed by atoms with E-state index >= 15 is 0 Å². The number of anilines is 1. The number of benzene rings is 3. The van der Waals surface area contributed by atoms with Gasteiger partial charge in [-0.2, -0.15) is 8.42 Å². The molecule has 0 radical (unpaired) electrons. The topological polar surface area (TPSA) is 133 Å². The number of nitrogens with zero attached hydrogens (tertiary/aromatic N) is 4. The first-order chi connectivity index (χ1) is 21.1. The van der Waals surface area contributed by atoms with Gasteiger partial charge in [0.05, 0.1) is 47.0 Å². The molecule has 7 rings (SSSR count). The van der Waals surface area contributed by atoms with E-state index in [0.29, 0.717) is 12.6 Å². The number of imidazole rings is 1. The number of pyridine rings is 1. The van der Waals surface area contributed by atoms with Gasteiger partial charge in [0.15, 0.2) is 0 Å². The van der Waals surface area contributed by atoms with Gasteiger partial charge >= 0.3 is 0 Å². The number of piperidine rings is 1. The molecular formula is C33H37N5O5S. The standard InChI is InChI=1S/C26H29N5O2.C7H8O3S/c1-26(14-32-15-26)16-33-20-6-7-22-21(13-20)28-17-31(22)24-8-5-18-3-2-4-23(25(18)29-24)30-11-9-19(27)10-12-30;1-6-2-4-7(5-3-6)11(8,9)10/h2-8,13,17,19H,9-12,14-16,27H2,1H3;2-5H,1H3,(H,8,9,10). The molecule has 0 aliphatic carbocycles. The minimum absolute atomic E-state index is 0.0666. The minimum atomic E-state index is -4.02. The van der Waals surface area contributed by atoms with Crippen LogP contribution in [0, 0.1) is 12.3 Å². The Hall–Kier alpha value is -4.03. The second-order valence-corrected chi connectivity index (χ2v) is 13.4. The minimum Gasteiger partial charge on any atom is -0.493 e. The fourth-order valence-corrected chi connectivity index (χ4v) is 5.90. The molecule has 5 aromatic rings. The Bertz CT molecular complexity index is 1880. The van der Waals surface area contributed by atoms with Crippen molar-refractivity contribution >= 4 is 37.7 Å². The summed E-state index contributed by atoms with van der Waals surface area (Å²) >= 11 is 0. The molecule has 2 saturated heterocycles. The Balaban J connectivity index is 0.000000265. The van der Waals surface area contributed by atoms with Crippen LogP contribution in [0.15, 0.2) is 84.0 Å². The van der Waals surface area contributed by atoms with Crippen molar-refractivity contribution in [3.63, 3.8) is 0 Å². The molecule has 0 spiro atoms. The van der Waals surface area contributed by atoms with E-state index < -0.39 is 10.1 Å². The third kappa shape index (κ3) is 6.56. The highest BCUT2D eigenvalue weighted by Gasteiger charge is 2.34. The van der Waals surface area contributed by atoms with Gasteiger partial charge in [0.25, 0.3) is 10.1 Å². The Morgan fingerprint density at radius 1 is 1.05 bits per heavy atom. The largest absolute Gasteiger partial charge is 0.493 e. The highest BCUT2D eigenvalue weighted by atomic mass is 32.2. The van der Waals surface area contributed by atoms with Crippen LogP contribution in [0.3, 0.4) is 0 Å². The molecular weight excluding hydrogens is 578 g/mol. The van der Waals surface area contributed by atoms with Gasteiger partial charge in [0.2, 0.25) is 0 Å². The van der Waals surface area contributed by atoms with Crippen LogP contribution in [-0.4, -0.2) is 66.5 Å². The van der Waals surface area contributed by atoms with E-state index in [1.165, 1.54) is 17.8 Å². The average molecular weight is 616 g/mol. The number of fused-ring (bicyclic) bond motifs is 2. The van der Waals surface area contributed by atoms with Crippen LogP contribution in [0.1, 0.15) is 25.3 Å². The highest BCUT2D eigenvalue weighted by Crippen LogP contribution is 2.31.